The predicted molar refractivity (Wildman–Crippen MR) is 244 cm³/mol. The second kappa shape index (κ2) is 18.0. The largest absolute Gasteiger partial charge is 0.457 e. The number of fused-ring (bicyclic) bond motifs is 2. The molecule has 16 nitrogen and oxygen atoms in total. The summed E-state index contributed by atoms with van der Waals surface area (Å²) in [7, 11) is 0. The van der Waals surface area contributed by atoms with Crippen molar-refractivity contribution in [3.8, 4) is 22.8 Å². The Hall–Kier alpha value is -7.43. The van der Waals surface area contributed by atoms with Crippen LogP contribution in [0.15, 0.2) is 103 Å². The van der Waals surface area contributed by atoms with Crippen LogP contribution in [0.3, 0.4) is 0 Å². The summed E-state index contributed by atoms with van der Waals surface area (Å²) in [5.41, 5.74) is 12.2. The molecule has 1 unspecified atom stereocenters. The number of nitrogen functional groups attached to an aromatic ring is 1. The van der Waals surface area contributed by atoms with Crippen LogP contribution in [0.1, 0.15) is 69.1 Å². The summed E-state index contributed by atoms with van der Waals surface area (Å²) in [6, 6.07) is 23.2. The number of imide groups is 1. The van der Waals surface area contributed by atoms with Gasteiger partial charge in [0.1, 0.15) is 35.4 Å². The van der Waals surface area contributed by atoms with Gasteiger partial charge in [-0.25, -0.2) is 19.4 Å². The monoisotopic (exact) mass is 892 g/mol. The topological polar surface area (TPSA) is 207 Å². The summed E-state index contributed by atoms with van der Waals surface area (Å²) in [6.07, 6.45) is 3.65. The minimum Gasteiger partial charge on any atom is -0.457 e. The Bertz CT molecular complexity index is 2890. The Kier molecular flexibility index (Phi) is 11.9. The van der Waals surface area contributed by atoms with Gasteiger partial charge in [0.25, 0.3) is 11.8 Å². The summed E-state index contributed by atoms with van der Waals surface area (Å²) < 4.78 is 8.05. The third-order valence-electron chi connectivity index (χ3n) is 12.0. The third kappa shape index (κ3) is 8.77. The van der Waals surface area contributed by atoms with Crippen LogP contribution in [0.4, 0.5) is 16.3 Å². The van der Waals surface area contributed by atoms with Gasteiger partial charge in [-0.2, -0.15) is 5.10 Å². The number of anilines is 2. The van der Waals surface area contributed by atoms with Gasteiger partial charge >= 0.3 is 6.03 Å². The van der Waals surface area contributed by atoms with E-state index in [1.807, 2.05) is 48.0 Å². The molecule has 0 saturated carbocycles. The number of piperidine rings is 2. The lowest BCUT2D eigenvalue weighted by Gasteiger charge is -2.35. The summed E-state index contributed by atoms with van der Waals surface area (Å²) >= 11 is 6.18. The van der Waals surface area contributed by atoms with Crippen molar-refractivity contribution in [1.82, 2.24) is 40.2 Å². The molecule has 2 aromatic heterocycles. The van der Waals surface area contributed by atoms with E-state index in [0.717, 1.165) is 47.5 Å². The summed E-state index contributed by atoms with van der Waals surface area (Å²) in [4.78, 5) is 77.9. The second-order valence-electron chi connectivity index (χ2n) is 16.4. The number of amides is 5. The average Bonchev–Trinajstić information content (AvgIpc) is 3.87. The lowest BCUT2D eigenvalue weighted by Crippen LogP contribution is -2.55. The number of aryl methyl sites for hydroxylation is 1. The number of halogens is 1. The molecule has 17 heteroatoms. The predicted octanol–water partition coefficient (Wildman–Crippen LogP) is 6.99. The molecular formula is C48H45ClN10O6. The maximum Gasteiger partial charge on any atom is 0.319 e. The molecule has 65 heavy (non-hydrogen) atoms. The highest BCUT2D eigenvalue weighted by Gasteiger charge is 2.43. The zero-order valence-corrected chi connectivity index (χ0v) is 36.2. The number of ketones is 1. The number of nitrogens with zero attached hydrogens (tertiary/aromatic N) is 6. The Balaban J connectivity index is 0.800. The van der Waals surface area contributed by atoms with Gasteiger partial charge < -0.3 is 31.3 Å². The zero-order valence-electron chi connectivity index (χ0n) is 35.5. The number of nitrogens with one attached hydrogen (secondary N) is 3. The minimum atomic E-state index is -0.905. The van der Waals surface area contributed by atoms with Gasteiger partial charge in [-0.1, -0.05) is 36.4 Å². The normalized spacial score (nSPS) is 17.3. The van der Waals surface area contributed by atoms with E-state index in [1.54, 1.807) is 48.5 Å². The van der Waals surface area contributed by atoms with E-state index in [-0.39, 0.29) is 50.0 Å². The number of nitrogens with two attached hydrogens (primary N) is 1. The molecule has 2 atom stereocenters. The molecule has 9 rings (SSSR count). The van der Waals surface area contributed by atoms with Crippen LogP contribution in [0, 0.1) is 6.92 Å². The Labute approximate surface area is 378 Å². The zero-order chi connectivity index (χ0) is 45.4. The molecule has 2 fully saturated rings. The number of Topliss-reactive ketones (excluding diaryl/α,β-unsaturated/α-hetero) is 1. The quantitative estimate of drug-likeness (QED) is 0.0560. The van der Waals surface area contributed by atoms with Gasteiger partial charge in [0.2, 0.25) is 5.91 Å². The molecule has 3 aliphatic rings. The number of urea groups is 1. The number of carbonyl (C=O) groups is 5. The van der Waals surface area contributed by atoms with Crippen LogP contribution in [0.2, 0.25) is 5.02 Å². The highest BCUT2D eigenvalue weighted by atomic mass is 35.5. The Morgan fingerprint density at radius 3 is 2.48 bits per heavy atom. The van der Waals surface area contributed by atoms with Crippen molar-refractivity contribution < 1.29 is 28.7 Å². The van der Waals surface area contributed by atoms with Crippen molar-refractivity contribution in [2.75, 3.05) is 30.7 Å². The van der Waals surface area contributed by atoms with E-state index in [1.165, 1.54) is 11.2 Å². The third-order valence-corrected chi connectivity index (χ3v) is 12.4. The first-order chi connectivity index (χ1) is 31.4. The molecule has 0 aliphatic carbocycles. The number of hydrogen-bond donors (Lipinski definition) is 4. The van der Waals surface area contributed by atoms with E-state index < -0.39 is 29.7 Å². The summed E-state index contributed by atoms with van der Waals surface area (Å²) in [5, 5.41) is 15.2. The maximum atomic E-state index is 13.9. The number of likely N-dealkylation sites (tertiary alicyclic amines) is 1. The molecule has 2 saturated heterocycles. The van der Waals surface area contributed by atoms with E-state index in [2.05, 4.69) is 32.5 Å². The maximum absolute atomic E-state index is 13.9. The van der Waals surface area contributed by atoms with Crippen molar-refractivity contribution in [3.63, 3.8) is 0 Å². The van der Waals surface area contributed by atoms with Crippen LogP contribution >= 0.6 is 11.6 Å². The molecule has 3 aliphatic heterocycles. The van der Waals surface area contributed by atoms with Crippen LogP contribution < -0.4 is 26.4 Å². The Morgan fingerprint density at radius 1 is 0.969 bits per heavy atom. The molecule has 5 heterocycles. The van der Waals surface area contributed by atoms with Crippen molar-refractivity contribution in [2.45, 2.75) is 57.8 Å². The fourth-order valence-electron chi connectivity index (χ4n) is 8.52. The van der Waals surface area contributed by atoms with Crippen LogP contribution in [0.5, 0.6) is 11.5 Å². The molecular weight excluding hydrogens is 848 g/mol. The Morgan fingerprint density at radius 2 is 1.74 bits per heavy atom. The fraction of sp³-hybridized carbons (Fsp3) is 0.250. The number of ether oxygens (including phenoxy) is 1. The van der Waals surface area contributed by atoms with Crippen LogP contribution in [-0.4, -0.2) is 84.8 Å². The lowest BCUT2D eigenvalue weighted by molar-refractivity contribution is -0.151. The number of benzene rings is 4. The average molecular weight is 893 g/mol. The van der Waals surface area contributed by atoms with Crippen LogP contribution in [-0.2, 0) is 22.7 Å². The van der Waals surface area contributed by atoms with Crippen LogP contribution in [0.25, 0.3) is 22.3 Å². The van der Waals surface area contributed by atoms with Crippen molar-refractivity contribution >= 4 is 63.7 Å². The minimum absolute atomic E-state index is 0.0159. The van der Waals surface area contributed by atoms with E-state index in [9.17, 15) is 24.0 Å². The van der Waals surface area contributed by atoms with Crippen molar-refractivity contribution in [1.29, 1.82) is 0 Å². The first-order valence-corrected chi connectivity index (χ1v) is 21.7. The van der Waals surface area contributed by atoms with Gasteiger partial charge in [0.15, 0.2) is 11.4 Å². The number of aromatic nitrogens is 4. The van der Waals surface area contributed by atoms with Gasteiger partial charge in [-0.05, 0) is 116 Å². The number of rotatable bonds is 12. The smallest absolute Gasteiger partial charge is 0.319 e. The number of carbonyl (C=O) groups excluding carboxylic acids is 5. The molecule has 5 amide bonds. The van der Waals surface area contributed by atoms with Gasteiger partial charge in [-0.15, -0.1) is 0 Å². The van der Waals surface area contributed by atoms with Gasteiger partial charge in [0.05, 0.1) is 18.0 Å². The molecule has 0 bridgehead atoms. The standard InChI is InChI=1S/C48H45ClN10O6/c1-27-5-11-33(21-38(27)49)55-48(64)52-22-29-6-16-37-32(20-29)25-57(46(37)62)39-17-18-40(60)58(47(39)63)24-28(2)43(61)31-9-14-36(15-10-31)65-35-12-7-30(8-13-35)42-41-44(50)53-26-54-45(41)59(56-42)34-4-3-19-51-23-34/h5-16,20-21,26,34,39,51H,2-4,17-19,22-25H2,1H3,(H2,50,53,54)(H2,52,55,64)/t34-,39?/m1/s1. The second-order valence-corrected chi connectivity index (χ2v) is 16.8. The van der Waals surface area contributed by atoms with E-state index in [4.69, 9.17) is 27.2 Å². The molecule has 5 N–H and O–H groups in total. The first-order valence-electron chi connectivity index (χ1n) is 21.3. The fourth-order valence-corrected chi connectivity index (χ4v) is 8.70. The molecule has 6 aromatic rings. The molecule has 330 valence electrons. The van der Waals surface area contributed by atoms with Gasteiger partial charge in [0, 0.05) is 59.0 Å². The van der Waals surface area contributed by atoms with Crippen molar-refractivity contribution in [2.24, 2.45) is 0 Å². The highest BCUT2D eigenvalue weighted by Crippen LogP contribution is 2.35. The first kappa shape index (κ1) is 42.9. The lowest BCUT2D eigenvalue weighted by atomic mass is 9.99. The van der Waals surface area contributed by atoms with E-state index in [0.29, 0.717) is 61.4 Å². The molecule has 0 radical (unpaired) electrons. The summed E-state index contributed by atoms with van der Waals surface area (Å²) in [5.74, 6) is -0.389. The molecule has 0 spiro atoms. The highest BCUT2D eigenvalue weighted by molar-refractivity contribution is 6.31. The van der Waals surface area contributed by atoms with Crippen molar-refractivity contribution in [3.05, 3.63) is 136 Å². The van der Waals surface area contributed by atoms with Gasteiger partial charge in [-0.3, -0.25) is 24.1 Å². The number of hydrogen-bond acceptors (Lipinski definition) is 11. The molecule has 4 aromatic carbocycles. The van der Waals surface area contributed by atoms with E-state index >= 15 is 0 Å². The SMILES string of the molecule is C=C(CN1C(=O)CCC(N2Cc3cc(CNC(=O)Nc4ccc(C)c(Cl)c4)ccc3C2=O)C1=O)C(=O)c1ccc(Oc2ccc(-c3nn([C@@H]4CCCNC4)c4ncnc(N)c34)cc2)cc1. The summed E-state index contributed by atoms with van der Waals surface area (Å²) in [6.45, 7) is 7.60.